The van der Waals surface area contributed by atoms with Crippen molar-refractivity contribution in [3.63, 3.8) is 0 Å². The van der Waals surface area contributed by atoms with Gasteiger partial charge >= 0.3 is 5.97 Å². The number of hydrogen-bond donors (Lipinski definition) is 2. The van der Waals surface area contributed by atoms with Crippen LogP contribution in [0.15, 0.2) is 60.3 Å². The largest absolute Gasteiger partial charge is 0.477 e. The lowest BCUT2D eigenvalue weighted by Crippen LogP contribution is -2.24. The van der Waals surface area contributed by atoms with Crippen molar-refractivity contribution in [1.82, 2.24) is 5.32 Å². The van der Waals surface area contributed by atoms with Gasteiger partial charge in [-0.05, 0) is 22.8 Å². The SMILES string of the molecule is CC(=O)N/C(=C\c1ccccc1-c1ccccc1)C(=O)O. The molecule has 0 unspecified atom stereocenters. The Labute approximate surface area is 122 Å². The van der Waals surface area contributed by atoms with Crippen LogP contribution in [-0.4, -0.2) is 17.0 Å². The summed E-state index contributed by atoms with van der Waals surface area (Å²) in [7, 11) is 0. The zero-order valence-corrected chi connectivity index (χ0v) is 11.5. The zero-order chi connectivity index (χ0) is 15.2. The second kappa shape index (κ2) is 6.52. The van der Waals surface area contributed by atoms with E-state index >= 15 is 0 Å². The smallest absolute Gasteiger partial charge is 0.352 e. The summed E-state index contributed by atoms with van der Waals surface area (Å²) in [4.78, 5) is 22.3. The van der Waals surface area contributed by atoms with Crippen molar-refractivity contribution < 1.29 is 14.7 Å². The zero-order valence-electron chi connectivity index (χ0n) is 11.5. The number of aliphatic carboxylic acids is 1. The number of carboxylic acids is 1. The Morgan fingerprint density at radius 2 is 1.62 bits per heavy atom. The van der Waals surface area contributed by atoms with Crippen LogP contribution in [0.4, 0.5) is 0 Å². The topological polar surface area (TPSA) is 66.4 Å². The molecule has 4 heteroatoms. The van der Waals surface area contributed by atoms with Crippen LogP contribution >= 0.6 is 0 Å². The van der Waals surface area contributed by atoms with Crippen molar-refractivity contribution in [3.8, 4) is 11.1 Å². The van der Waals surface area contributed by atoms with Crippen LogP contribution in [0.3, 0.4) is 0 Å². The molecule has 2 rings (SSSR count). The fraction of sp³-hybridized carbons (Fsp3) is 0.0588. The van der Waals surface area contributed by atoms with Crippen LogP contribution < -0.4 is 5.32 Å². The summed E-state index contributed by atoms with van der Waals surface area (Å²) < 4.78 is 0. The first-order chi connectivity index (χ1) is 10.1. The number of amides is 1. The van der Waals surface area contributed by atoms with Crippen LogP contribution in [0, 0.1) is 0 Å². The van der Waals surface area contributed by atoms with Crippen molar-refractivity contribution in [2.75, 3.05) is 0 Å². The highest BCUT2D eigenvalue weighted by Crippen LogP contribution is 2.25. The van der Waals surface area contributed by atoms with Crippen molar-refractivity contribution in [1.29, 1.82) is 0 Å². The summed E-state index contributed by atoms with van der Waals surface area (Å²) in [6.45, 7) is 1.28. The van der Waals surface area contributed by atoms with Crippen molar-refractivity contribution in [2.24, 2.45) is 0 Å². The molecule has 2 aromatic carbocycles. The molecule has 0 saturated carbocycles. The Morgan fingerprint density at radius 1 is 1.00 bits per heavy atom. The number of hydrogen-bond acceptors (Lipinski definition) is 2. The molecule has 21 heavy (non-hydrogen) atoms. The van der Waals surface area contributed by atoms with E-state index in [-0.39, 0.29) is 5.70 Å². The van der Waals surface area contributed by atoms with Gasteiger partial charge in [-0.1, -0.05) is 54.6 Å². The van der Waals surface area contributed by atoms with Gasteiger partial charge in [0, 0.05) is 6.92 Å². The first-order valence-corrected chi connectivity index (χ1v) is 6.45. The molecular formula is C17H15NO3. The predicted molar refractivity (Wildman–Crippen MR) is 81.3 cm³/mol. The van der Waals surface area contributed by atoms with Gasteiger partial charge in [0.05, 0.1) is 0 Å². The molecule has 106 valence electrons. The molecule has 0 aliphatic heterocycles. The minimum absolute atomic E-state index is 0.147. The summed E-state index contributed by atoms with van der Waals surface area (Å²) in [6.07, 6.45) is 1.46. The van der Waals surface area contributed by atoms with Crippen LogP contribution in [0.1, 0.15) is 12.5 Å². The lowest BCUT2D eigenvalue weighted by molar-refractivity contribution is -0.134. The highest BCUT2D eigenvalue weighted by Gasteiger charge is 2.10. The molecule has 0 fully saturated rings. The van der Waals surface area contributed by atoms with Gasteiger partial charge in [-0.15, -0.1) is 0 Å². The second-order valence-corrected chi connectivity index (χ2v) is 4.50. The Hall–Kier alpha value is -2.88. The molecule has 1 amide bonds. The quantitative estimate of drug-likeness (QED) is 0.847. The number of nitrogens with one attached hydrogen (secondary N) is 1. The van der Waals surface area contributed by atoms with Gasteiger partial charge in [0.15, 0.2) is 0 Å². The Morgan fingerprint density at radius 3 is 2.24 bits per heavy atom. The molecular weight excluding hydrogens is 266 g/mol. The highest BCUT2D eigenvalue weighted by molar-refractivity contribution is 5.97. The third-order valence-electron chi connectivity index (χ3n) is 2.89. The summed E-state index contributed by atoms with van der Waals surface area (Å²) in [5, 5.41) is 11.5. The van der Waals surface area contributed by atoms with Gasteiger partial charge in [-0.3, -0.25) is 4.79 Å². The fourth-order valence-electron chi connectivity index (χ4n) is 2.00. The molecule has 0 aromatic heterocycles. The standard InChI is InChI=1S/C17H15NO3/c1-12(19)18-16(17(20)21)11-14-9-5-6-10-15(14)13-7-3-2-4-8-13/h2-11H,1H3,(H,18,19)(H,20,21)/b16-11-. The van der Waals surface area contributed by atoms with E-state index in [1.807, 2.05) is 54.6 Å². The molecule has 0 aliphatic rings. The third-order valence-corrected chi connectivity index (χ3v) is 2.89. The van der Waals surface area contributed by atoms with Gasteiger partial charge in [0.1, 0.15) is 5.70 Å². The number of benzene rings is 2. The number of carbonyl (C=O) groups excluding carboxylic acids is 1. The number of carbonyl (C=O) groups is 2. The summed E-state index contributed by atoms with van der Waals surface area (Å²) >= 11 is 0. The maximum Gasteiger partial charge on any atom is 0.352 e. The molecule has 0 bridgehead atoms. The van der Waals surface area contributed by atoms with E-state index in [1.54, 1.807) is 0 Å². The van der Waals surface area contributed by atoms with Crippen molar-refractivity contribution >= 4 is 18.0 Å². The molecule has 0 saturated heterocycles. The van der Waals surface area contributed by atoms with Gasteiger partial charge in [-0.25, -0.2) is 4.79 Å². The highest BCUT2D eigenvalue weighted by atomic mass is 16.4. The van der Waals surface area contributed by atoms with Gasteiger partial charge in [0.25, 0.3) is 0 Å². The van der Waals surface area contributed by atoms with Crippen molar-refractivity contribution in [2.45, 2.75) is 6.92 Å². The van der Waals surface area contributed by atoms with Crippen LogP contribution in [-0.2, 0) is 9.59 Å². The summed E-state index contributed by atoms with van der Waals surface area (Å²) in [5.74, 6) is -1.59. The van der Waals surface area contributed by atoms with Gasteiger partial charge < -0.3 is 10.4 Å². The van der Waals surface area contributed by atoms with Crippen LogP contribution in [0.25, 0.3) is 17.2 Å². The number of rotatable bonds is 4. The second-order valence-electron chi connectivity index (χ2n) is 4.50. The van der Waals surface area contributed by atoms with E-state index in [1.165, 1.54) is 13.0 Å². The Bertz CT molecular complexity index is 690. The van der Waals surface area contributed by atoms with Crippen LogP contribution in [0.5, 0.6) is 0 Å². The molecule has 0 heterocycles. The maximum absolute atomic E-state index is 11.2. The third kappa shape index (κ3) is 3.79. The van der Waals surface area contributed by atoms with Crippen molar-refractivity contribution in [3.05, 3.63) is 65.9 Å². The van der Waals surface area contributed by atoms with Crippen LogP contribution in [0.2, 0.25) is 0 Å². The van der Waals surface area contributed by atoms with E-state index in [4.69, 9.17) is 5.11 Å². The van der Waals surface area contributed by atoms with E-state index in [0.29, 0.717) is 0 Å². The molecule has 0 atom stereocenters. The predicted octanol–water partition coefficient (Wildman–Crippen LogP) is 2.92. The Kier molecular flexibility index (Phi) is 4.51. The molecule has 0 radical (unpaired) electrons. The molecule has 2 N–H and O–H groups in total. The first-order valence-electron chi connectivity index (χ1n) is 6.45. The maximum atomic E-state index is 11.2. The van der Waals surface area contributed by atoms with Gasteiger partial charge in [0.2, 0.25) is 5.91 Å². The Balaban J connectivity index is 2.49. The van der Waals surface area contributed by atoms with Gasteiger partial charge in [-0.2, -0.15) is 0 Å². The first kappa shape index (κ1) is 14.5. The minimum atomic E-state index is -1.17. The lowest BCUT2D eigenvalue weighted by Gasteiger charge is -2.08. The van der Waals surface area contributed by atoms with E-state index < -0.39 is 11.9 Å². The normalized spacial score (nSPS) is 11.0. The summed E-state index contributed by atoms with van der Waals surface area (Å²) in [6, 6.07) is 17.1. The van der Waals surface area contributed by atoms with E-state index in [9.17, 15) is 9.59 Å². The lowest BCUT2D eigenvalue weighted by atomic mass is 9.99. The van der Waals surface area contributed by atoms with E-state index in [0.717, 1.165) is 16.7 Å². The average molecular weight is 281 g/mol. The molecule has 4 nitrogen and oxygen atoms in total. The molecule has 0 spiro atoms. The molecule has 0 aliphatic carbocycles. The number of carboxylic acid groups (broad SMARTS) is 1. The fourth-order valence-corrected chi connectivity index (χ4v) is 2.00. The minimum Gasteiger partial charge on any atom is -0.477 e. The summed E-state index contributed by atoms with van der Waals surface area (Å²) in [5.41, 5.74) is 2.47. The average Bonchev–Trinajstić information content (AvgIpc) is 2.47. The van der Waals surface area contributed by atoms with E-state index in [2.05, 4.69) is 5.32 Å². The molecule has 2 aromatic rings. The monoisotopic (exact) mass is 281 g/mol.